The standard InChI is InChI=1S/C19H19F3O/c1-3-23-17-12-11-16(18(21)19(17)22)15-9-7-14(8-10-15)6-4-5-13(2)20/h5,7-12H,3-4,6H2,1-2H3/b13-5-. The number of ether oxygens (including phenoxy) is 1. The van der Waals surface area contributed by atoms with Crippen molar-refractivity contribution in [2.45, 2.75) is 26.7 Å². The molecular formula is C19H19F3O. The van der Waals surface area contributed by atoms with Crippen LogP contribution in [-0.2, 0) is 6.42 Å². The Morgan fingerprint density at radius 1 is 1.04 bits per heavy atom. The molecule has 0 radical (unpaired) electrons. The lowest BCUT2D eigenvalue weighted by molar-refractivity contribution is 0.314. The zero-order valence-electron chi connectivity index (χ0n) is 13.2. The Bertz CT molecular complexity index is 687. The van der Waals surface area contributed by atoms with Gasteiger partial charge in [0.2, 0.25) is 5.82 Å². The van der Waals surface area contributed by atoms with Gasteiger partial charge in [0.15, 0.2) is 11.6 Å². The maximum absolute atomic E-state index is 14.2. The lowest BCUT2D eigenvalue weighted by Gasteiger charge is -2.09. The SMILES string of the molecule is CCOc1ccc(-c2ccc(CC/C=C(/C)F)cc2)c(F)c1F. The molecular weight excluding hydrogens is 301 g/mol. The molecule has 0 N–H and O–H groups in total. The molecule has 0 aliphatic rings. The van der Waals surface area contributed by atoms with Gasteiger partial charge in [-0.15, -0.1) is 0 Å². The van der Waals surface area contributed by atoms with Crippen LogP contribution in [0.2, 0.25) is 0 Å². The highest BCUT2D eigenvalue weighted by Crippen LogP contribution is 2.30. The number of allylic oxidation sites excluding steroid dienone is 2. The molecule has 0 heterocycles. The van der Waals surface area contributed by atoms with E-state index >= 15 is 0 Å². The Morgan fingerprint density at radius 2 is 1.74 bits per heavy atom. The summed E-state index contributed by atoms with van der Waals surface area (Å²) in [4.78, 5) is 0. The number of hydrogen-bond acceptors (Lipinski definition) is 1. The van der Waals surface area contributed by atoms with Gasteiger partial charge in [-0.05, 0) is 49.9 Å². The summed E-state index contributed by atoms with van der Waals surface area (Å²) in [5.74, 6) is -2.18. The van der Waals surface area contributed by atoms with E-state index in [1.165, 1.54) is 25.1 Å². The zero-order chi connectivity index (χ0) is 16.8. The van der Waals surface area contributed by atoms with Crippen molar-refractivity contribution in [3.63, 3.8) is 0 Å². The summed E-state index contributed by atoms with van der Waals surface area (Å²) >= 11 is 0. The summed E-state index contributed by atoms with van der Waals surface area (Å²) in [6, 6.07) is 10.1. The quantitative estimate of drug-likeness (QED) is 0.650. The number of halogens is 3. The molecule has 0 aliphatic heterocycles. The maximum atomic E-state index is 14.2. The van der Waals surface area contributed by atoms with Crippen LogP contribution >= 0.6 is 0 Å². The average Bonchev–Trinajstić information content (AvgIpc) is 2.53. The van der Waals surface area contributed by atoms with Gasteiger partial charge < -0.3 is 4.74 Å². The highest BCUT2D eigenvalue weighted by atomic mass is 19.2. The molecule has 0 bridgehead atoms. The highest BCUT2D eigenvalue weighted by Gasteiger charge is 2.15. The van der Waals surface area contributed by atoms with Crippen LogP contribution in [0.3, 0.4) is 0 Å². The molecule has 0 spiro atoms. The van der Waals surface area contributed by atoms with Gasteiger partial charge >= 0.3 is 0 Å². The molecule has 0 aromatic heterocycles. The minimum absolute atomic E-state index is 0.0845. The molecule has 4 heteroatoms. The van der Waals surface area contributed by atoms with Crippen LogP contribution in [-0.4, -0.2) is 6.61 Å². The van der Waals surface area contributed by atoms with Crippen LogP contribution in [0, 0.1) is 11.6 Å². The molecule has 0 amide bonds. The maximum Gasteiger partial charge on any atom is 0.201 e. The van der Waals surface area contributed by atoms with Crippen molar-refractivity contribution in [3.8, 4) is 16.9 Å². The molecule has 2 aromatic rings. The lowest BCUT2D eigenvalue weighted by Crippen LogP contribution is -1.98. The van der Waals surface area contributed by atoms with Crippen LogP contribution < -0.4 is 4.74 Å². The van der Waals surface area contributed by atoms with Crippen LogP contribution in [0.25, 0.3) is 11.1 Å². The van der Waals surface area contributed by atoms with E-state index in [4.69, 9.17) is 4.74 Å². The lowest BCUT2D eigenvalue weighted by atomic mass is 10.0. The van der Waals surface area contributed by atoms with E-state index in [2.05, 4.69) is 0 Å². The van der Waals surface area contributed by atoms with Gasteiger partial charge in [-0.3, -0.25) is 0 Å². The third kappa shape index (κ3) is 4.38. The van der Waals surface area contributed by atoms with Crippen LogP contribution in [0.5, 0.6) is 5.75 Å². The van der Waals surface area contributed by atoms with E-state index in [1.807, 2.05) is 12.1 Å². The van der Waals surface area contributed by atoms with Crippen molar-refractivity contribution in [3.05, 3.63) is 65.5 Å². The third-order valence-electron chi connectivity index (χ3n) is 3.47. The Kier molecular flexibility index (Phi) is 5.85. The summed E-state index contributed by atoms with van der Waals surface area (Å²) in [6.07, 6.45) is 2.82. The van der Waals surface area contributed by atoms with Crippen molar-refractivity contribution >= 4 is 0 Å². The number of benzene rings is 2. The fourth-order valence-electron chi connectivity index (χ4n) is 2.31. The molecule has 2 rings (SSSR count). The van der Waals surface area contributed by atoms with Crippen LogP contribution in [0.4, 0.5) is 13.2 Å². The molecule has 0 aliphatic carbocycles. The Balaban J connectivity index is 2.19. The fraction of sp³-hybridized carbons (Fsp3) is 0.263. The Hall–Kier alpha value is -2.23. The molecule has 122 valence electrons. The van der Waals surface area contributed by atoms with Crippen molar-refractivity contribution in [1.29, 1.82) is 0 Å². The first-order valence-corrected chi connectivity index (χ1v) is 7.55. The van der Waals surface area contributed by atoms with Gasteiger partial charge in [0, 0.05) is 5.56 Å². The largest absolute Gasteiger partial charge is 0.491 e. The van der Waals surface area contributed by atoms with Crippen molar-refractivity contribution < 1.29 is 17.9 Å². The minimum atomic E-state index is -0.975. The molecule has 1 nitrogen and oxygen atoms in total. The topological polar surface area (TPSA) is 9.23 Å². The van der Waals surface area contributed by atoms with E-state index in [0.29, 0.717) is 18.4 Å². The van der Waals surface area contributed by atoms with E-state index in [0.717, 1.165) is 5.56 Å². The molecule has 0 unspecified atom stereocenters. The summed E-state index contributed by atoms with van der Waals surface area (Å²) in [5.41, 5.74) is 1.79. The Labute approximate surface area is 134 Å². The first-order chi connectivity index (χ1) is 11.0. The van der Waals surface area contributed by atoms with Gasteiger partial charge in [-0.2, -0.15) is 4.39 Å². The molecule has 0 fully saturated rings. The average molecular weight is 320 g/mol. The second-order valence-corrected chi connectivity index (χ2v) is 5.20. The number of rotatable bonds is 6. The first-order valence-electron chi connectivity index (χ1n) is 7.55. The van der Waals surface area contributed by atoms with E-state index in [-0.39, 0.29) is 23.7 Å². The molecule has 0 atom stereocenters. The normalized spacial score (nSPS) is 11.6. The predicted octanol–water partition coefficient (Wildman–Crippen LogP) is 5.84. The van der Waals surface area contributed by atoms with Gasteiger partial charge in [-0.25, -0.2) is 8.78 Å². The summed E-state index contributed by atoms with van der Waals surface area (Å²) < 4.78 is 45.7. The smallest absolute Gasteiger partial charge is 0.201 e. The van der Waals surface area contributed by atoms with Gasteiger partial charge in [-0.1, -0.05) is 30.3 Å². The molecule has 0 saturated carbocycles. The minimum Gasteiger partial charge on any atom is -0.491 e. The van der Waals surface area contributed by atoms with E-state index in [1.54, 1.807) is 19.1 Å². The van der Waals surface area contributed by atoms with Gasteiger partial charge in [0.1, 0.15) is 0 Å². The zero-order valence-corrected chi connectivity index (χ0v) is 13.2. The van der Waals surface area contributed by atoms with Gasteiger partial charge in [0.25, 0.3) is 0 Å². The summed E-state index contributed by atoms with van der Waals surface area (Å²) in [7, 11) is 0. The monoisotopic (exact) mass is 320 g/mol. The molecule has 0 saturated heterocycles. The first kappa shape index (κ1) is 17.1. The van der Waals surface area contributed by atoms with Crippen molar-refractivity contribution in [1.82, 2.24) is 0 Å². The highest BCUT2D eigenvalue weighted by molar-refractivity contribution is 5.65. The third-order valence-corrected chi connectivity index (χ3v) is 3.47. The van der Waals surface area contributed by atoms with Crippen molar-refractivity contribution in [2.75, 3.05) is 6.61 Å². The fourth-order valence-corrected chi connectivity index (χ4v) is 2.31. The van der Waals surface area contributed by atoms with Gasteiger partial charge in [0.05, 0.1) is 12.4 Å². The summed E-state index contributed by atoms with van der Waals surface area (Å²) in [6.45, 7) is 3.40. The van der Waals surface area contributed by atoms with Crippen molar-refractivity contribution in [2.24, 2.45) is 0 Å². The van der Waals surface area contributed by atoms with Crippen LogP contribution in [0.1, 0.15) is 25.8 Å². The molecule has 2 aromatic carbocycles. The van der Waals surface area contributed by atoms with Crippen LogP contribution in [0.15, 0.2) is 48.3 Å². The number of aryl methyl sites for hydroxylation is 1. The number of hydrogen-bond donors (Lipinski definition) is 0. The van der Waals surface area contributed by atoms with E-state index < -0.39 is 11.6 Å². The second kappa shape index (κ2) is 7.86. The second-order valence-electron chi connectivity index (χ2n) is 5.20. The summed E-state index contributed by atoms with van der Waals surface area (Å²) in [5, 5.41) is 0. The molecule has 23 heavy (non-hydrogen) atoms. The predicted molar refractivity (Wildman–Crippen MR) is 86.1 cm³/mol. The Morgan fingerprint density at radius 3 is 2.35 bits per heavy atom. The van der Waals surface area contributed by atoms with E-state index in [9.17, 15) is 13.2 Å².